The number of rotatable bonds is 4. The molecule has 0 saturated carbocycles. The van der Waals surface area contributed by atoms with E-state index >= 15 is 0 Å². The quantitative estimate of drug-likeness (QED) is 0.804. The molecule has 0 aromatic carbocycles. The standard InChI is InChI=1S/C13H24O3/c1-5-12(4)9-13(10(2)3,6-7-16-12)8-11(14)15/h10H,5-9H2,1-4H3,(H,14,15)/t12-,13-/m0/s1. The lowest BCUT2D eigenvalue weighted by Crippen LogP contribution is -2.46. The molecule has 1 aliphatic heterocycles. The maximum Gasteiger partial charge on any atom is 0.303 e. The van der Waals surface area contributed by atoms with Crippen LogP contribution in [0.4, 0.5) is 0 Å². The first kappa shape index (κ1) is 13.5. The molecule has 0 bridgehead atoms. The largest absolute Gasteiger partial charge is 0.481 e. The smallest absolute Gasteiger partial charge is 0.303 e. The fourth-order valence-corrected chi connectivity index (χ4v) is 2.76. The zero-order valence-corrected chi connectivity index (χ0v) is 10.9. The van der Waals surface area contributed by atoms with Crippen molar-refractivity contribution in [2.45, 2.75) is 59.0 Å². The van der Waals surface area contributed by atoms with Gasteiger partial charge >= 0.3 is 5.97 Å². The van der Waals surface area contributed by atoms with Crippen molar-refractivity contribution < 1.29 is 14.6 Å². The fraction of sp³-hybridized carbons (Fsp3) is 0.923. The first-order valence-electron chi connectivity index (χ1n) is 6.19. The second-order valence-electron chi connectivity index (χ2n) is 5.67. The van der Waals surface area contributed by atoms with Gasteiger partial charge in [0.15, 0.2) is 0 Å². The molecule has 0 radical (unpaired) electrons. The summed E-state index contributed by atoms with van der Waals surface area (Å²) in [5.41, 5.74) is -0.229. The van der Waals surface area contributed by atoms with Gasteiger partial charge in [-0.3, -0.25) is 4.79 Å². The van der Waals surface area contributed by atoms with Crippen LogP contribution < -0.4 is 0 Å². The Morgan fingerprint density at radius 2 is 2.12 bits per heavy atom. The molecule has 94 valence electrons. The molecular weight excluding hydrogens is 204 g/mol. The fourth-order valence-electron chi connectivity index (χ4n) is 2.76. The normalized spacial score (nSPS) is 35.3. The molecule has 1 rings (SSSR count). The van der Waals surface area contributed by atoms with Crippen molar-refractivity contribution in [3.8, 4) is 0 Å². The van der Waals surface area contributed by atoms with E-state index in [2.05, 4.69) is 27.7 Å². The second kappa shape index (κ2) is 4.74. The lowest BCUT2D eigenvalue weighted by molar-refractivity contribution is -0.155. The molecule has 2 atom stereocenters. The Balaban J connectivity index is 2.88. The second-order valence-corrected chi connectivity index (χ2v) is 5.67. The maximum absolute atomic E-state index is 11.0. The summed E-state index contributed by atoms with van der Waals surface area (Å²) < 4.78 is 5.81. The van der Waals surface area contributed by atoms with Crippen LogP contribution in [-0.2, 0) is 9.53 Å². The molecule has 0 unspecified atom stereocenters. The lowest BCUT2D eigenvalue weighted by Gasteiger charge is -2.48. The van der Waals surface area contributed by atoms with E-state index < -0.39 is 5.97 Å². The Morgan fingerprint density at radius 3 is 2.56 bits per heavy atom. The van der Waals surface area contributed by atoms with Crippen LogP contribution in [0.1, 0.15) is 53.4 Å². The van der Waals surface area contributed by atoms with Gasteiger partial charge in [-0.15, -0.1) is 0 Å². The van der Waals surface area contributed by atoms with Crippen molar-refractivity contribution in [3.63, 3.8) is 0 Å². The highest BCUT2D eigenvalue weighted by Crippen LogP contribution is 2.47. The van der Waals surface area contributed by atoms with Crippen LogP contribution in [-0.4, -0.2) is 23.3 Å². The molecule has 3 nitrogen and oxygen atoms in total. The van der Waals surface area contributed by atoms with Crippen molar-refractivity contribution in [1.29, 1.82) is 0 Å². The predicted octanol–water partition coefficient (Wildman–Crippen LogP) is 3.08. The van der Waals surface area contributed by atoms with Gasteiger partial charge in [-0.2, -0.15) is 0 Å². The van der Waals surface area contributed by atoms with E-state index in [1.165, 1.54) is 0 Å². The Bertz CT molecular complexity index is 262. The van der Waals surface area contributed by atoms with E-state index in [4.69, 9.17) is 9.84 Å². The molecule has 0 aromatic rings. The maximum atomic E-state index is 11.0. The van der Waals surface area contributed by atoms with Crippen molar-refractivity contribution in [3.05, 3.63) is 0 Å². The summed E-state index contributed by atoms with van der Waals surface area (Å²) in [5, 5.41) is 9.08. The first-order valence-corrected chi connectivity index (χ1v) is 6.19. The number of hydrogen-bond acceptors (Lipinski definition) is 2. The third-order valence-corrected chi connectivity index (χ3v) is 4.25. The summed E-state index contributed by atoms with van der Waals surface area (Å²) in [6, 6.07) is 0. The third kappa shape index (κ3) is 2.76. The molecule has 0 spiro atoms. The van der Waals surface area contributed by atoms with E-state index in [0.717, 1.165) is 19.3 Å². The SMILES string of the molecule is CC[C@@]1(C)C[C@](CC(=O)O)(C(C)C)CCO1. The number of ether oxygens (including phenoxy) is 1. The van der Waals surface area contributed by atoms with Crippen molar-refractivity contribution in [2.75, 3.05) is 6.61 Å². The van der Waals surface area contributed by atoms with Gasteiger partial charge in [0.2, 0.25) is 0 Å². The van der Waals surface area contributed by atoms with Crippen molar-refractivity contribution in [1.82, 2.24) is 0 Å². The summed E-state index contributed by atoms with van der Waals surface area (Å²) in [6.45, 7) is 9.16. The summed E-state index contributed by atoms with van der Waals surface area (Å²) in [7, 11) is 0. The highest BCUT2D eigenvalue weighted by atomic mass is 16.5. The van der Waals surface area contributed by atoms with E-state index in [-0.39, 0.29) is 17.4 Å². The summed E-state index contributed by atoms with van der Waals surface area (Å²) in [4.78, 5) is 11.0. The molecule has 1 aliphatic rings. The zero-order chi connectivity index (χ0) is 12.4. The van der Waals surface area contributed by atoms with Gasteiger partial charge in [0.1, 0.15) is 0 Å². The van der Waals surface area contributed by atoms with Crippen LogP contribution in [0.3, 0.4) is 0 Å². The Kier molecular flexibility index (Phi) is 4.00. The topological polar surface area (TPSA) is 46.5 Å². The molecule has 1 heterocycles. The van der Waals surface area contributed by atoms with Crippen LogP contribution in [0.5, 0.6) is 0 Å². The van der Waals surface area contributed by atoms with E-state index in [1.807, 2.05) is 0 Å². The minimum Gasteiger partial charge on any atom is -0.481 e. The minimum absolute atomic E-state index is 0.0884. The molecule has 3 heteroatoms. The number of carboxylic acid groups (broad SMARTS) is 1. The Labute approximate surface area is 98.2 Å². The van der Waals surface area contributed by atoms with Crippen LogP contribution in [0.25, 0.3) is 0 Å². The molecule has 0 amide bonds. The molecule has 0 aromatic heterocycles. The zero-order valence-electron chi connectivity index (χ0n) is 10.9. The average molecular weight is 228 g/mol. The number of carbonyl (C=O) groups is 1. The van der Waals surface area contributed by atoms with Crippen molar-refractivity contribution in [2.24, 2.45) is 11.3 Å². The summed E-state index contributed by atoms with van der Waals surface area (Å²) in [6.07, 6.45) is 2.94. The molecule has 1 saturated heterocycles. The van der Waals surface area contributed by atoms with Gasteiger partial charge in [0, 0.05) is 6.61 Å². The van der Waals surface area contributed by atoms with Crippen LogP contribution in [0.2, 0.25) is 0 Å². The van der Waals surface area contributed by atoms with Crippen molar-refractivity contribution >= 4 is 5.97 Å². The summed E-state index contributed by atoms with van der Waals surface area (Å²) >= 11 is 0. The predicted molar refractivity (Wildman–Crippen MR) is 63.4 cm³/mol. The number of hydrogen-bond donors (Lipinski definition) is 1. The van der Waals surface area contributed by atoms with Crippen LogP contribution in [0.15, 0.2) is 0 Å². The van der Waals surface area contributed by atoms with Gasteiger partial charge < -0.3 is 9.84 Å². The van der Waals surface area contributed by atoms with Gasteiger partial charge in [-0.05, 0) is 37.5 Å². The van der Waals surface area contributed by atoms with E-state index in [0.29, 0.717) is 12.5 Å². The van der Waals surface area contributed by atoms with Gasteiger partial charge in [0.05, 0.1) is 12.0 Å². The van der Waals surface area contributed by atoms with Gasteiger partial charge in [-0.1, -0.05) is 20.8 Å². The highest BCUT2D eigenvalue weighted by Gasteiger charge is 2.45. The Hall–Kier alpha value is -0.570. The van der Waals surface area contributed by atoms with E-state index in [9.17, 15) is 4.79 Å². The molecular formula is C13H24O3. The molecule has 1 N–H and O–H groups in total. The van der Waals surface area contributed by atoms with Crippen LogP contribution >= 0.6 is 0 Å². The minimum atomic E-state index is -0.686. The summed E-state index contributed by atoms with van der Waals surface area (Å²) in [5.74, 6) is -0.299. The molecule has 1 fully saturated rings. The monoisotopic (exact) mass is 228 g/mol. The lowest BCUT2D eigenvalue weighted by atomic mass is 9.64. The van der Waals surface area contributed by atoms with Gasteiger partial charge in [0.25, 0.3) is 0 Å². The highest BCUT2D eigenvalue weighted by molar-refractivity contribution is 5.67. The Morgan fingerprint density at radius 1 is 1.50 bits per heavy atom. The third-order valence-electron chi connectivity index (χ3n) is 4.25. The number of carboxylic acids is 1. The van der Waals surface area contributed by atoms with E-state index in [1.54, 1.807) is 0 Å². The molecule has 0 aliphatic carbocycles. The average Bonchev–Trinajstić information content (AvgIpc) is 2.16. The van der Waals surface area contributed by atoms with Gasteiger partial charge in [-0.25, -0.2) is 0 Å². The molecule has 16 heavy (non-hydrogen) atoms. The number of aliphatic carboxylic acids is 1. The van der Waals surface area contributed by atoms with Crippen LogP contribution in [0, 0.1) is 11.3 Å². The first-order chi connectivity index (χ1) is 7.33.